The van der Waals surface area contributed by atoms with Crippen molar-refractivity contribution in [2.24, 2.45) is 0 Å². The quantitative estimate of drug-likeness (QED) is 0.155. The molecule has 0 saturated heterocycles. The van der Waals surface area contributed by atoms with Crippen LogP contribution in [0.4, 0.5) is 0 Å². The molecule has 0 heterocycles. The van der Waals surface area contributed by atoms with E-state index in [9.17, 15) is 9.59 Å². The number of rotatable bonds is 12. The van der Waals surface area contributed by atoms with Crippen molar-refractivity contribution in [2.75, 3.05) is 47.5 Å². The highest BCUT2D eigenvalue weighted by atomic mass is 16.5. The van der Waals surface area contributed by atoms with Gasteiger partial charge in [-0.15, -0.1) is 0 Å². The largest absolute Gasteiger partial charge is 0.497 e. The summed E-state index contributed by atoms with van der Waals surface area (Å²) in [6.07, 6.45) is 3.11. The number of carbonyl (C=O) groups is 2. The van der Waals surface area contributed by atoms with E-state index in [4.69, 9.17) is 18.9 Å². The molecule has 33 heavy (non-hydrogen) atoms. The maximum absolute atomic E-state index is 13.1. The monoisotopic (exact) mass is 456 g/mol. The Hall–Kier alpha value is -3.32. The van der Waals surface area contributed by atoms with Crippen LogP contribution in [0.3, 0.4) is 0 Å². The molecule has 0 unspecified atom stereocenters. The third-order valence-corrected chi connectivity index (χ3v) is 5.99. The number of hydrogen-bond donors (Lipinski definition) is 0. The molecule has 0 fully saturated rings. The predicted molar refractivity (Wildman–Crippen MR) is 128 cm³/mol. The second-order valence-electron chi connectivity index (χ2n) is 7.60. The van der Waals surface area contributed by atoms with Crippen LogP contribution in [-0.4, -0.2) is 63.7 Å². The number of ether oxygens (including phenoxy) is 4. The summed E-state index contributed by atoms with van der Waals surface area (Å²) in [5, 5.41) is 0. The van der Waals surface area contributed by atoms with Gasteiger partial charge in [0.05, 0.1) is 41.0 Å². The molecule has 0 N–H and O–H groups in total. The van der Waals surface area contributed by atoms with Crippen molar-refractivity contribution in [3.63, 3.8) is 0 Å². The molecule has 0 atom stereocenters. The van der Waals surface area contributed by atoms with Gasteiger partial charge in [0.2, 0.25) is 0 Å². The van der Waals surface area contributed by atoms with Crippen LogP contribution in [0.2, 0.25) is 0 Å². The summed E-state index contributed by atoms with van der Waals surface area (Å²) in [5.74, 6) is 0.767. The first kappa shape index (κ1) is 25.9. The number of benzene rings is 2. The number of nitrogens with zero attached hydrogens (tertiary/aromatic N) is 1. The van der Waals surface area contributed by atoms with E-state index >= 15 is 0 Å². The molecular formula is C26H34NO6+. The van der Waals surface area contributed by atoms with Gasteiger partial charge in [-0.05, 0) is 44.5 Å². The maximum atomic E-state index is 13.1. The predicted octanol–water partition coefficient (Wildman–Crippen LogP) is 4.39. The summed E-state index contributed by atoms with van der Waals surface area (Å²) >= 11 is 0. The number of carbonyl (C=O) groups excluding carboxylic acids is 2. The van der Waals surface area contributed by atoms with Crippen molar-refractivity contribution in [1.29, 1.82) is 0 Å². The molecule has 2 aromatic carbocycles. The van der Waals surface area contributed by atoms with Crippen molar-refractivity contribution >= 4 is 17.8 Å². The average molecular weight is 457 g/mol. The van der Waals surface area contributed by atoms with Gasteiger partial charge in [0.15, 0.2) is 12.3 Å². The van der Waals surface area contributed by atoms with Gasteiger partial charge in [0.25, 0.3) is 0 Å². The fraction of sp³-hybridized carbons (Fsp3) is 0.385. The van der Waals surface area contributed by atoms with E-state index in [-0.39, 0.29) is 29.4 Å². The molecule has 0 radical (unpaired) electrons. The zero-order valence-corrected chi connectivity index (χ0v) is 20.3. The first-order valence-electron chi connectivity index (χ1n) is 11.0. The van der Waals surface area contributed by atoms with Gasteiger partial charge in [0, 0.05) is 12.1 Å². The molecule has 0 aromatic heterocycles. The highest BCUT2D eigenvalue weighted by molar-refractivity contribution is 6.11. The lowest BCUT2D eigenvalue weighted by Gasteiger charge is -2.34. The summed E-state index contributed by atoms with van der Waals surface area (Å²) in [4.78, 5) is 26.0. The molecule has 0 aliphatic rings. The first-order valence-corrected chi connectivity index (χ1v) is 11.0. The maximum Gasteiger partial charge on any atom is 0.367 e. The van der Waals surface area contributed by atoms with Crippen molar-refractivity contribution in [2.45, 2.75) is 20.8 Å². The summed E-state index contributed by atoms with van der Waals surface area (Å²) in [7, 11) is 4.55. The molecule has 2 aromatic rings. The molecule has 0 amide bonds. The number of ketones is 1. The molecule has 0 aliphatic heterocycles. The van der Waals surface area contributed by atoms with Crippen LogP contribution in [0.1, 0.15) is 36.7 Å². The number of hydrogen-bond acceptors (Lipinski definition) is 6. The lowest BCUT2D eigenvalue weighted by Crippen LogP contribution is -2.51. The molecule has 0 bridgehead atoms. The van der Waals surface area contributed by atoms with Gasteiger partial charge in [-0.3, -0.25) is 4.79 Å². The van der Waals surface area contributed by atoms with Crippen LogP contribution in [0.5, 0.6) is 23.0 Å². The highest BCUT2D eigenvalue weighted by Crippen LogP contribution is 2.35. The van der Waals surface area contributed by atoms with Crippen molar-refractivity contribution in [1.82, 2.24) is 0 Å². The normalized spacial score (nSPS) is 11.3. The van der Waals surface area contributed by atoms with Crippen LogP contribution < -0.4 is 18.9 Å². The van der Waals surface area contributed by atoms with Crippen LogP contribution in [0.25, 0.3) is 6.08 Å². The number of likely N-dealkylation sites (N-methyl/N-ethyl adjacent to an activating group) is 1. The number of allylic oxidation sites excluding steroid dienone is 1. The lowest BCUT2D eigenvalue weighted by atomic mass is 10.1. The Morgan fingerprint density at radius 1 is 0.818 bits per heavy atom. The van der Waals surface area contributed by atoms with Crippen LogP contribution in [0, 0.1) is 0 Å². The van der Waals surface area contributed by atoms with Crippen LogP contribution >= 0.6 is 0 Å². The zero-order chi connectivity index (χ0) is 24.4. The minimum absolute atomic E-state index is 0.113. The third kappa shape index (κ3) is 6.58. The smallest absolute Gasteiger partial charge is 0.367 e. The van der Waals surface area contributed by atoms with Gasteiger partial charge in [-0.1, -0.05) is 18.2 Å². The van der Waals surface area contributed by atoms with Crippen molar-refractivity contribution in [3.8, 4) is 23.0 Å². The Bertz CT molecular complexity index is 969. The molecular weight excluding hydrogens is 422 g/mol. The van der Waals surface area contributed by atoms with Crippen molar-refractivity contribution in [3.05, 3.63) is 53.6 Å². The Labute approximate surface area is 196 Å². The Morgan fingerprint density at radius 3 is 1.91 bits per heavy atom. The fourth-order valence-corrected chi connectivity index (χ4v) is 3.57. The summed E-state index contributed by atoms with van der Waals surface area (Å²) in [6, 6.07) is 10.4. The fourth-order valence-electron chi connectivity index (χ4n) is 3.57. The number of quaternary nitrogens is 1. The van der Waals surface area contributed by atoms with E-state index in [1.54, 1.807) is 19.3 Å². The third-order valence-electron chi connectivity index (χ3n) is 5.99. The van der Waals surface area contributed by atoms with E-state index in [1.165, 1.54) is 26.4 Å². The molecule has 2 rings (SSSR count). The van der Waals surface area contributed by atoms with Crippen molar-refractivity contribution < 1.29 is 33.0 Å². The van der Waals surface area contributed by atoms with Gasteiger partial charge in [-0.25, -0.2) is 4.79 Å². The van der Waals surface area contributed by atoms with Gasteiger partial charge in [0.1, 0.15) is 28.6 Å². The SMILES string of the molecule is CC[N+](CC)(CC)CC(=O)Oc1cc(OC)cc(OC)c1C(=O)C=Cc1ccc(OC)cc1. The summed E-state index contributed by atoms with van der Waals surface area (Å²) in [5.41, 5.74) is 0.991. The highest BCUT2D eigenvalue weighted by Gasteiger charge is 2.28. The topological polar surface area (TPSA) is 71.1 Å². The lowest BCUT2D eigenvalue weighted by molar-refractivity contribution is -0.916. The van der Waals surface area contributed by atoms with E-state index in [1.807, 2.05) is 45.0 Å². The van der Waals surface area contributed by atoms with E-state index < -0.39 is 5.97 Å². The Balaban J connectivity index is 2.38. The van der Waals surface area contributed by atoms with Crippen LogP contribution in [-0.2, 0) is 4.79 Å². The Morgan fingerprint density at radius 2 is 1.39 bits per heavy atom. The minimum Gasteiger partial charge on any atom is -0.497 e. The van der Waals surface area contributed by atoms with E-state index in [2.05, 4.69) is 0 Å². The molecule has 178 valence electrons. The van der Waals surface area contributed by atoms with E-state index in [0.717, 1.165) is 30.9 Å². The number of esters is 1. The number of methoxy groups -OCH3 is 3. The van der Waals surface area contributed by atoms with E-state index in [0.29, 0.717) is 10.2 Å². The Kier molecular flexibility index (Phi) is 9.48. The molecule has 7 heteroatoms. The molecule has 0 spiro atoms. The minimum atomic E-state index is -0.413. The molecule has 0 saturated carbocycles. The van der Waals surface area contributed by atoms with Gasteiger partial charge < -0.3 is 23.4 Å². The van der Waals surface area contributed by atoms with Crippen LogP contribution in [0.15, 0.2) is 42.5 Å². The van der Waals surface area contributed by atoms with Gasteiger partial charge >= 0.3 is 5.97 Å². The zero-order valence-electron chi connectivity index (χ0n) is 20.3. The molecule has 7 nitrogen and oxygen atoms in total. The standard InChI is InChI=1S/C26H34NO6/c1-7-27(8-2,9-3)18-25(29)33-24-17-21(31-5)16-23(32-6)26(24)22(28)15-12-19-10-13-20(30-4)14-11-19/h10-17H,7-9,18H2,1-6H3/q+1. The second-order valence-corrected chi connectivity index (χ2v) is 7.60. The average Bonchev–Trinajstić information content (AvgIpc) is 2.85. The summed E-state index contributed by atoms with van der Waals surface area (Å²) in [6.45, 7) is 8.77. The van der Waals surface area contributed by atoms with Gasteiger partial charge in [-0.2, -0.15) is 0 Å². The first-order chi connectivity index (χ1) is 15.8. The second kappa shape index (κ2) is 12.1. The summed E-state index contributed by atoms with van der Waals surface area (Å²) < 4.78 is 22.2. The molecule has 0 aliphatic carbocycles.